The second-order valence-corrected chi connectivity index (χ2v) is 7.40. The molecule has 0 amide bonds. The molecular formula is C18H20FNO4S. The first kappa shape index (κ1) is 18.9. The van der Waals surface area contributed by atoms with E-state index in [2.05, 4.69) is 0 Å². The van der Waals surface area contributed by atoms with Crippen LogP contribution in [0.25, 0.3) is 0 Å². The lowest BCUT2D eigenvalue weighted by Gasteiger charge is -2.24. The molecule has 0 atom stereocenters. The minimum absolute atomic E-state index is 0.0595. The predicted molar refractivity (Wildman–Crippen MR) is 93.5 cm³/mol. The molecule has 0 heterocycles. The van der Waals surface area contributed by atoms with Crippen molar-refractivity contribution >= 4 is 21.7 Å². The number of esters is 1. The van der Waals surface area contributed by atoms with E-state index in [-0.39, 0.29) is 17.2 Å². The molecule has 0 unspecified atom stereocenters. The Bertz CT molecular complexity index is 863. The zero-order chi connectivity index (χ0) is 18.6. The van der Waals surface area contributed by atoms with E-state index >= 15 is 0 Å². The molecule has 7 heteroatoms. The Morgan fingerprint density at radius 1 is 1.08 bits per heavy atom. The SMILES string of the molecule is CCOC(=O)CN(c1ccc(F)cc1)S(=O)(=O)c1ccc(C)c(C)c1. The van der Waals surface area contributed by atoms with Crippen LogP contribution < -0.4 is 4.31 Å². The quantitative estimate of drug-likeness (QED) is 0.738. The first-order valence-corrected chi connectivity index (χ1v) is 9.21. The minimum atomic E-state index is -4.01. The highest BCUT2D eigenvalue weighted by Gasteiger charge is 2.28. The van der Waals surface area contributed by atoms with Crippen molar-refractivity contribution in [2.45, 2.75) is 25.7 Å². The molecule has 0 bridgehead atoms. The largest absolute Gasteiger partial charge is 0.465 e. The molecule has 2 aromatic carbocycles. The van der Waals surface area contributed by atoms with E-state index in [4.69, 9.17) is 4.74 Å². The van der Waals surface area contributed by atoms with E-state index in [1.807, 2.05) is 13.8 Å². The molecule has 25 heavy (non-hydrogen) atoms. The van der Waals surface area contributed by atoms with Crippen molar-refractivity contribution < 1.29 is 22.3 Å². The fourth-order valence-corrected chi connectivity index (χ4v) is 3.74. The van der Waals surface area contributed by atoms with Gasteiger partial charge in [0.25, 0.3) is 10.0 Å². The van der Waals surface area contributed by atoms with Crippen molar-refractivity contribution in [1.82, 2.24) is 0 Å². The molecule has 0 aliphatic rings. The average Bonchev–Trinajstić information content (AvgIpc) is 2.56. The third-order valence-electron chi connectivity index (χ3n) is 3.76. The highest BCUT2D eigenvalue weighted by Crippen LogP contribution is 2.25. The normalized spacial score (nSPS) is 11.2. The molecule has 0 spiro atoms. The van der Waals surface area contributed by atoms with E-state index in [1.54, 1.807) is 19.1 Å². The number of aryl methyl sites for hydroxylation is 2. The van der Waals surface area contributed by atoms with Crippen LogP contribution in [0.3, 0.4) is 0 Å². The van der Waals surface area contributed by atoms with Gasteiger partial charge in [-0.25, -0.2) is 12.8 Å². The molecule has 0 fully saturated rings. The Hall–Kier alpha value is -2.41. The summed E-state index contributed by atoms with van der Waals surface area (Å²) in [5.41, 5.74) is 1.96. The first-order chi connectivity index (χ1) is 11.8. The van der Waals surface area contributed by atoms with Gasteiger partial charge < -0.3 is 4.74 Å². The van der Waals surface area contributed by atoms with Crippen LogP contribution in [0.2, 0.25) is 0 Å². The van der Waals surface area contributed by atoms with E-state index in [0.29, 0.717) is 0 Å². The highest BCUT2D eigenvalue weighted by molar-refractivity contribution is 7.92. The Balaban J connectivity index is 2.50. The van der Waals surface area contributed by atoms with Gasteiger partial charge in [-0.2, -0.15) is 0 Å². The number of hydrogen-bond donors (Lipinski definition) is 0. The third kappa shape index (κ3) is 4.36. The van der Waals surface area contributed by atoms with Gasteiger partial charge in [-0.1, -0.05) is 6.07 Å². The Morgan fingerprint density at radius 3 is 2.28 bits per heavy atom. The number of carbonyl (C=O) groups is 1. The van der Waals surface area contributed by atoms with Crippen LogP contribution in [0.4, 0.5) is 10.1 Å². The zero-order valence-corrected chi connectivity index (χ0v) is 15.1. The molecule has 134 valence electrons. The average molecular weight is 365 g/mol. The molecule has 0 aliphatic carbocycles. The van der Waals surface area contributed by atoms with Crippen molar-refractivity contribution in [3.63, 3.8) is 0 Å². The van der Waals surface area contributed by atoms with Crippen LogP contribution in [0.5, 0.6) is 0 Å². The van der Waals surface area contributed by atoms with Gasteiger partial charge >= 0.3 is 5.97 Å². The van der Waals surface area contributed by atoms with Gasteiger partial charge in [0, 0.05) is 0 Å². The Labute approximate surface area is 147 Å². The van der Waals surface area contributed by atoms with Gasteiger partial charge in [0.15, 0.2) is 0 Å². The number of halogens is 1. The number of sulfonamides is 1. The number of anilines is 1. The number of rotatable bonds is 6. The summed E-state index contributed by atoms with van der Waals surface area (Å²) in [6.45, 7) is 4.97. The summed E-state index contributed by atoms with van der Waals surface area (Å²) in [5.74, 6) is -1.18. The summed E-state index contributed by atoms with van der Waals surface area (Å²) in [5, 5.41) is 0. The van der Waals surface area contributed by atoms with Crippen LogP contribution in [-0.2, 0) is 19.6 Å². The molecule has 0 N–H and O–H groups in total. The molecular weight excluding hydrogens is 345 g/mol. The van der Waals surface area contributed by atoms with Gasteiger partial charge in [-0.05, 0) is 68.3 Å². The Kier molecular flexibility index (Phi) is 5.79. The molecule has 2 rings (SSSR count). The van der Waals surface area contributed by atoms with Gasteiger partial charge in [-0.3, -0.25) is 9.10 Å². The predicted octanol–water partition coefficient (Wildman–Crippen LogP) is 3.20. The lowest BCUT2D eigenvalue weighted by Crippen LogP contribution is -2.36. The van der Waals surface area contributed by atoms with E-state index in [0.717, 1.165) is 27.6 Å². The molecule has 0 aromatic heterocycles. The summed E-state index contributed by atoms with van der Waals surface area (Å²) < 4.78 is 45.1. The molecule has 0 saturated heterocycles. The summed E-state index contributed by atoms with van der Waals surface area (Å²) in [7, 11) is -4.01. The van der Waals surface area contributed by atoms with Crippen LogP contribution in [0, 0.1) is 19.7 Å². The van der Waals surface area contributed by atoms with Crippen molar-refractivity contribution in [3.8, 4) is 0 Å². The Morgan fingerprint density at radius 2 is 1.72 bits per heavy atom. The first-order valence-electron chi connectivity index (χ1n) is 7.77. The zero-order valence-electron chi connectivity index (χ0n) is 14.3. The topological polar surface area (TPSA) is 63.7 Å². The summed E-state index contributed by atoms with van der Waals surface area (Å²) in [6.07, 6.45) is 0. The van der Waals surface area contributed by atoms with Crippen molar-refractivity contribution in [2.24, 2.45) is 0 Å². The number of carbonyl (C=O) groups excluding carboxylic acids is 1. The summed E-state index contributed by atoms with van der Waals surface area (Å²) >= 11 is 0. The second kappa shape index (κ2) is 7.65. The van der Waals surface area contributed by atoms with Crippen LogP contribution in [-0.4, -0.2) is 27.5 Å². The van der Waals surface area contributed by atoms with Gasteiger partial charge in [-0.15, -0.1) is 0 Å². The molecule has 0 aliphatic heterocycles. The van der Waals surface area contributed by atoms with Crippen molar-refractivity contribution in [3.05, 3.63) is 59.4 Å². The maximum atomic E-state index is 13.2. The molecule has 0 radical (unpaired) electrons. The second-order valence-electron chi connectivity index (χ2n) is 5.54. The third-order valence-corrected chi connectivity index (χ3v) is 5.53. The van der Waals surface area contributed by atoms with Gasteiger partial charge in [0.05, 0.1) is 17.2 Å². The fourth-order valence-electron chi connectivity index (χ4n) is 2.25. The minimum Gasteiger partial charge on any atom is -0.465 e. The monoisotopic (exact) mass is 365 g/mol. The van der Waals surface area contributed by atoms with Crippen LogP contribution in [0.15, 0.2) is 47.4 Å². The van der Waals surface area contributed by atoms with E-state index in [9.17, 15) is 17.6 Å². The summed E-state index contributed by atoms with van der Waals surface area (Å²) in [4.78, 5) is 11.9. The lowest BCUT2D eigenvalue weighted by atomic mass is 10.1. The fraction of sp³-hybridized carbons (Fsp3) is 0.278. The number of benzene rings is 2. The molecule has 0 saturated carbocycles. The highest BCUT2D eigenvalue weighted by atomic mass is 32.2. The van der Waals surface area contributed by atoms with Gasteiger partial charge in [0.1, 0.15) is 12.4 Å². The van der Waals surface area contributed by atoms with Crippen LogP contribution >= 0.6 is 0 Å². The number of ether oxygens (including phenoxy) is 1. The van der Waals surface area contributed by atoms with Gasteiger partial charge in [0.2, 0.25) is 0 Å². The van der Waals surface area contributed by atoms with E-state index in [1.165, 1.54) is 18.2 Å². The number of hydrogen-bond acceptors (Lipinski definition) is 4. The lowest BCUT2D eigenvalue weighted by molar-refractivity contribution is -0.141. The molecule has 2 aromatic rings. The smallest absolute Gasteiger partial charge is 0.326 e. The maximum absolute atomic E-state index is 13.2. The summed E-state index contributed by atoms with van der Waals surface area (Å²) in [6, 6.07) is 9.65. The maximum Gasteiger partial charge on any atom is 0.326 e. The number of nitrogens with zero attached hydrogens (tertiary/aromatic N) is 1. The van der Waals surface area contributed by atoms with Crippen LogP contribution in [0.1, 0.15) is 18.1 Å². The van der Waals surface area contributed by atoms with Crippen molar-refractivity contribution in [2.75, 3.05) is 17.5 Å². The van der Waals surface area contributed by atoms with E-state index < -0.39 is 28.4 Å². The molecule has 5 nitrogen and oxygen atoms in total. The van der Waals surface area contributed by atoms with Crippen molar-refractivity contribution in [1.29, 1.82) is 0 Å². The standard InChI is InChI=1S/C18H20FNO4S/c1-4-24-18(21)12-20(16-8-6-15(19)7-9-16)25(22,23)17-10-5-13(2)14(3)11-17/h5-11H,4,12H2,1-3H3.